The zero-order valence-electron chi connectivity index (χ0n) is 15.8. The Morgan fingerprint density at radius 1 is 0.821 bits per heavy atom. The van der Waals surface area contributed by atoms with E-state index in [2.05, 4.69) is 53.4 Å². The average molecular weight is 392 g/mol. The van der Waals surface area contributed by atoms with Gasteiger partial charge < -0.3 is 10.1 Å². The van der Waals surface area contributed by atoms with Crippen molar-refractivity contribution in [3.05, 3.63) is 89.7 Å². The lowest BCUT2D eigenvalue weighted by molar-refractivity contribution is 0.482. The lowest BCUT2D eigenvalue weighted by Crippen LogP contribution is -2.03. The Labute approximate surface area is 171 Å². The van der Waals surface area contributed by atoms with Crippen molar-refractivity contribution in [2.75, 3.05) is 5.32 Å². The SMILES string of the molecule is Cc1cc2ncnc(NCc3ccc(Oc4ccccc4)cc3)c2cc1C.Cl. The van der Waals surface area contributed by atoms with Crippen LogP contribution in [-0.4, -0.2) is 9.97 Å². The smallest absolute Gasteiger partial charge is 0.137 e. The zero-order chi connectivity index (χ0) is 18.6. The van der Waals surface area contributed by atoms with Gasteiger partial charge in [-0.05, 0) is 66.9 Å². The first-order valence-corrected chi connectivity index (χ1v) is 8.97. The molecule has 0 spiro atoms. The molecular formula is C23H22ClN3O. The Balaban J connectivity index is 0.00000225. The van der Waals surface area contributed by atoms with E-state index in [0.29, 0.717) is 6.54 Å². The van der Waals surface area contributed by atoms with Crippen LogP contribution in [0.5, 0.6) is 11.5 Å². The number of aromatic nitrogens is 2. The third-order valence-electron chi connectivity index (χ3n) is 4.61. The molecule has 142 valence electrons. The number of aryl methyl sites for hydroxylation is 2. The predicted molar refractivity (Wildman–Crippen MR) is 117 cm³/mol. The molecule has 0 aliphatic rings. The van der Waals surface area contributed by atoms with Crippen LogP contribution in [0.15, 0.2) is 73.1 Å². The normalized spacial score (nSPS) is 10.4. The van der Waals surface area contributed by atoms with Crippen LogP contribution in [-0.2, 0) is 6.54 Å². The second-order valence-corrected chi connectivity index (χ2v) is 6.59. The maximum atomic E-state index is 5.84. The molecule has 4 nitrogen and oxygen atoms in total. The molecule has 5 heteroatoms. The predicted octanol–water partition coefficient (Wildman–Crippen LogP) is 6.07. The minimum atomic E-state index is 0. The van der Waals surface area contributed by atoms with E-state index >= 15 is 0 Å². The minimum absolute atomic E-state index is 0. The summed E-state index contributed by atoms with van der Waals surface area (Å²) in [7, 11) is 0. The highest BCUT2D eigenvalue weighted by Crippen LogP contribution is 2.24. The fourth-order valence-corrected chi connectivity index (χ4v) is 2.94. The summed E-state index contributed by atoms with van der Waals surface area (Å²) in [5, 5.41) is 4.47. The number of benzene rings is 3. The lowest BCUT2D eigenvalue weighted by atomic mass is 10.1. The molecule has 0 unspecified atom stereocenters. The summed E-state index contributed by atoms with van der Waals surface area (Å²) >= 11 is 0. The molecule has 0 aliphatic carbocycles. The van der Waals surface area contributed by atoms with Crippen LogP contribution < -0.4 is 10.1 Å². The quantitative estimate of drug-likeness (QED) is 0.448. The van der Waals surface area contributed by atoms with Gasteiger partial charge in [0.15, 0.2) is 0 Å². The first-order chi connectivity index (χ1) is 13.2. The number of para-hydroxylation sites is 1. The highest BCUT2D eigenvalue weighted by molar-refractivity contribution is 5.90. The summed E-state index contributed by atoms with van der Waals surface area (Å²) in [5.74, 6) is 2.51. The van der Waals surface area contributed by atoms with E-state index in [9.17, 15) is 0 Å². The number of nitrogens with one attached hydrogen (secondary N) is 1. The summed E-state index contributed by atoms with van der Waals surface area (Å²) in [6.45, 7) is 4.89. The molecule has 0 saturated carbocycles. The minimum Gasteiger partial charge on any atom is -0.457 e. The van der Waals surface area contributed by atoms with E-state index in [1.165, 1.54) is 11.1 Å². The van der Waals surface area contributed by atoms with E-state index in [1.54, 1.807) is 6.33 Å². The summed E-state index contributed by atoms with van der Waals surface area (Å²) < 4.78 is 5.84. The van der Waals surface area contributed by atoms with E-state index < -0.39 is 0 Å². The topological polar surface area (TPSA) is 47.0 Å². The fourth-order valence-electron chi connectivity index (χ4n) is 2.94. The number of fused-ring (bicyclic) bond motifs is 1. The maximum Gasteiger partial charge on any atom is 0.137 e. The number of anilines is 1. The van der Waals surface area contributed by atoms with E-state index in [4.69, 9.17) is 4.74 Å². The summed E-state index contributed by atoms with van der Waals surface area (Å²) in [5.41, 5.74) is 4.59. The van der Waals surface area contributed by atoms with Gasteiger partial charge in [-0.3, -0.25) is 0 Å². The lowest BCUT2D eigenvalue weighted by Gasteiger charge is -2.11. The molecule has 0 bridgehead atoms. The molecule has 1 N–H and O–H groups in total. The number of rotatable bonds is 5. The second kappa shape index (κ2) is 8.72. The highest BCUT2D eigenvalue weighted by Gasteiger charge is 2.06. The number of nitrogens with zero attached hydrogens (tertiary/aromatic N) is 2. The first-order valence-electron chi connectivity index (χ1n) is 8.97. The van der Waals surface area contributed by atoms with Gasteiger partial charge in [0.25, 0.3) is 0 Å². The van der Waals surface area contributed by atoms with Crippen LogP contribution in [0.3, 0.4) is 0 Å². The summed E-state index contributed by atoms with van der Waals surface area (Å²) in [6, 6.07) is 22.1. The van der Waals surface area contributed by atoms with Crippen molar-refractivity contribution in [1.29, 1.82) is 0 Å². The molecule has 0 saturated heterocycles. The number of halogens is 1. The van der Waals surface area contributed by atoms with Crippen molar-refractivity contribution in [3.63, 3.8) is 0 Å². The third-order valence-corrected chi connectivity index (χ3v) is 4.61. The third kappa shape index (κ3) is 4.41. The van der Waals surface area contributed by atoms with Crippen LogP contribution in [0, 0.1) is 13.8 Å². The first kappa shape index (κ1) is 19.6. The van der Waals surface area contributed by atoms with Gasteiger partial charge in [-0.15, -0.1) is 12.4 Å². The Bertz CT molecular complexity index is 1070. The fraction of sp³-hybridized carbons (Fsp3) is 0.130. The number of hydrogen-bond donors (Lipinski definition) is 1. The van der Waals surface area contributed by atoms with Gasteiger partial charge in [0.2, 0.25) is 0 Å². The molecule has 3 aromatic carbocycles. The molecule has 1 heterocycles. The van der Waals surface area contributed by atoms with Gasteiger partial charge in [0.05, 0.1) is 5.52 Å². The van der Waals surface area contributed by atoms with Crippen molar-refractivity contribution in [2.45, 2.75) is 20.4 Å². The highest BCUT2D eigenvalue weighted by atomic mass is 35.5. The van der Waals surface area contributed by atoms with Gasteiger partial charge in [-0.1, -0.05) is 30.3 Å². The van der Waals surface area contributed by atoms with Crippen LogP contribution in [0.25, 0.3) is 10.9 Å². The maximum absolute atomic E-state index is 5.84. The molecule has 0 atom stereocenters. The van der Waals surface area contributed by atoms with Crippen molar-refractivity contribution >= 4 is 29.1 Å². The van der Waals surface area contributed by atoms with Gasteiger partial charge in [0.1, 0.15) is 23.6 Å². The van der Waals surface area contributed by atoms with Gasteiger partial charge in [-0.25, -0.2) is 9.97 Å². The standard InChI is InChI=1S/C23H21N3O.ClH/c1-16-12-21-22(13-17(16)2)25-15-26-23(21)24-14-18-8-10-20(11-9-18)27-19-6-4-3-5-7-19;/h3-13,15H,14H2,1-2H3,(H,24,25,26);1H. The van der Waals surface area contributed by atoms with Crippen molar-refractivity contribution in [2.24, 2.45) is 0 Å². The molecular weight excluding hydrogens is 370 g/mol. The zero-order valence-corrected chi connectivity index (χ0v) is 16.7. The van der Waals surface area contributed by atoms with Crippen LogP contribution in [0.1, 0.15) is 16.7 Å². The Morgan fingerprint density at radius 3 is 2.25 bits per heavy atom. The van der Waals surface area contributed by atoms with Crippen molar-refractivity contribution < 1.29 is 4.74 Å². The van der Waals surface area contributed by atoms with Crippen molar-refractivity contribution in [3.8, 4) is 11.5 Å². The summed E-state index contributed by atoms with van der Waals surface area (Å²) in [4.78, 5) is 8.80. The van der Waals surface area contributed by atoms with Gasteiger partial charge in [0, 0.05) is 11.9 Å². The Morgan fingerprint density at radius 2 is 1.50 bits per heavy atom. The summed E-state index contributed by atoms with van der Waals surface area (Å²) in [6.07, 6.45) is 1.61. The molecule has 4 rings (SSSR count). The van der Waals surface area contributed by atoms with E-state index in [1.807, 2.05) is 42.5 Å². The molecule has 4 aromatic rings. The molecule has 0 radical (unpaired) electrons. The van der Waals surface area contributed by atoms with E-state index in [-0.39, 0.29) is 12.4 Å². The molecule has 0 fully saturated rings. The van der Waals surface area contributed by atoms with Crippen LogP contribution in [0.2, 0.25) is 0 Å². The Hall–Kier alpha value is -3.11. The van der Waals surface area contributed by atoms with Crippen LogP contribution >= 0.6 is 12.4 Å². The molecule has 0 amide bonds. The Kier molecular flexibility index (Phi) is 6.12. The van der Waals surface area contributed by atoms with Crippen LogP contribution in [0.4, 0.5) is 5.82 Å². The molecule has 0 aliphatic heterocycles. The molecule has 28 heavy (non-hydrogen) atoms. The second-order valence-electron chi connectivity index (χ2n) is 6.59. The number of ether oxygens (including phenoxy) is 1. The monoisotopic (exact) mass is 391 g/mol. The van der Waals surface area contributed by atoms with Gasteiger partial charge >= 0.3 is 0 Å². The largest absolute Gasteiger partial charge is 0.457 e. The van der Waals surface area contributed by atoms with E-state index in [0.717, 1.165) is 33.8 Å². The van der Waals surface area contributed by atoms with Gasteiger partial charge in [-0.2, -0.15) is 0 Å². The molecule has 1 aromatic heterocycles. The van der Waals surface area contributed by atoms with Crippen molar-refractivity contribution in [1.82, 2.24) is 9.97 Å². The average Bonchev–Trinajstić information content (AvgIpc) is 2.69. The number of hydrogen-bond acceptors (Lipinski definition) is 4.